The molecule has 0 radical (unpaired) electrons. The number of hydrogen-bond acceptors (Lipinski definition) is 2. The molecule has 0 spiro atoms. The third kappa shape index (κ3) is 9.89. The molecular formula is C12H23FO2Si. The topological polar surface area (TPSA) is 26.3 Å². The van der Waals surface area contributed by atoms with Gasteiger partial charge in [-0.15, -0.1) is 0 Å². The summed E-state index contributed by atoms with van der Waals surface area (Å²) in [5.74, 6) is -0.322. The van der Waals surface area contributed by atoms with Crippen molar-refractivity contribution in [2.75, 3.05) is 6.61 Å². The van der Waals surface area contributed by atoms with Gasteiger partial charge in [0.2, 0.25) is 8.41 Å². The van der Waals surface area contributed by atoms with E-state index in [9.17, 15) is 8.90 Å². The monoisotopic (exact) mass is 246 g/mol. The molecule has 0 aliphatic carbocycles. The Morgan fingerprint density at radius 2 is 1.81 bits per heavy atom. The van der Waals surface area contributed by atoms with E-state index in [2.05, 4.69) is 6.58 Å². The highest BCUT2D eigenvalue weighted by Gasteiger charge is 2.18. The number of hydrogen-bond donors (Lipinski definition) is 0. The summed E-state index contributed by atoms with van der Waals surface area (Å²) in [5, 5.41) is 0. The number of esters is 1. The number of carbonyl (C=O) groups excluding carboxylic acids is 1. The van der Waals surface area contributed by atoms with E-state index in [4.69, 9.17) is 4.74 Å². The molecule has 2 nitrogen and oxygen atoms in total. The van der Waals surface area contributed by atoms with Crippen LogP contribution in [0.1, 0.15) is 32.6 Å². The third-order valence-corrected chi connectivity index (χ3v) is 3.79. The van der Waals surface area contributed by atoms with Gasteiger partial charge in [-0.1, -0.05) is 25.8 Å². The molecule has 0 saturated heterocycles. The maximum absolute atomic E-state index is 13.2. The zero-order valence-corrected chi connectivity index (χ0v) is 11.6. The van der Waals surface area contributed by atoms with Gasteiger partial charge in [-0.25, -0.2) is 4.79 Å². The molecule has 0 rings (SSSR count). The van der Waals surface area contributed by atoms with Crippen molar-refractivity contribution in [1.82, 2.24) is 0 Å². The van der Waals surface area contributed by atoms with E-state index in [0.29, 0.717) is 12.2 Å². The van der Waals surface area contributed by atoms with Crippen LogP contribution < -0.4 is 0 Å². The molecule has 0 unspecified atom stereocenters. The fraction of sp³-hybridized carbons (Fsp3) is 0.750. The molecule has 0 bridgehead atoms. The van der Waals surface area contributed by atoms with Crippen molar-refractivity contribution in [2.24, 2.45) is 0 Å². The van der Waals surface area contributed by atoms with Crippen molar-refractivity contribution in [2.45, 2.75) is 51.7 Å². The van der Waals surface area contributed by atoms with Crippen LogP contribution in [0.3, 0.4) is 0 Å². The minimum absolute atomic E-state index is 0.322. The van der Waals surface area contributed by atoms with Gasteiger partial charge in [0.05, 0.1) is 6.61 Å². The number of ether oxygens (including phenoxy) is 1. The van der Waals surface area contributed by atoms with Gasteiger partial charge >= 0.3 is 5.97 Å². The van der Waals surface area contributed by atoms with Crippen LogP contribution in [0.25, 0.3) is 0 Å². The van der Waals surface area contributed by atoms with E-state index in [1.807, 2.05) is 0 Å². The zero-order valence-electron chi connectivity index (χ0n) is 10.6. The first kappa shape index (κ1) is 15.4. The number of carbonyl (C=O) groups is 1. The van der Waals surface area contributed by atoms with E-state index < -0.39 is 8.41 Å². The normalized spacial score (nSPS) is 11.2. The summed E-state index contributed by atoms with van der Waals surface area (Å²) in [5.41, 5.74) is 0.435. The highest BCUT2D eigenvalue weighted by Crippen LogP contribution is 2.15. The van der Waals surface area contributed by atoms with Gasteiger partial charge in [0, 0.05) is 5.57 Å². The summed E-state index contributed by atoms with van der Waals surface area (Å²) >= 11 is 0. The first-order chi connectivity index (χ1) is 7.33. The smallest absolute Gasteiger partial charge is 0.333 e. The van der Waals surface area contributed by atoms with E-state index in [0.717, 1.165) is 31.7 Å². The SMILES string of the molecule is C=C(C)C(=O)OCCCCCC[Si](C)(C)F. The lowest BCUT2D eigenvalue weighted by Crippen LogP contribution is -2.16. The van der Waals surface area contributed by atoms with Crippen LogP contribution >= 0.6 is 0 Å². The van der Waals surface area contributed by atoms with Gasteiger partial charge < -0.3 is 8.84 Å². The molecule has 4 heteroatoms. The van der Waals surface area contributed by atoms with Crippen LogP contribution in [0.4, 0.5) is 4.11 Å². The van der Waals surface area contributed by atoms with Crippen molar-refractivity contribution in [3.8, 4) is 0 Å². The molecule has 0 amide bonds. The van der Waals surface area contributed by atoms with Gasteiger partial charge in [0.15, 0.2) is 0 Å². The largest absolute Gasteiger partial charge is 0.462 e. The molecule has 0 aliphatic heterocycles. The van der Waals surface area contributed by atoms with E-state index in [1.54, 1.807) is 20.0 Å². The Morgan fingerprint density at radius 1 is 1.25 bits per heavy atom. The lowest BCUT2D eigenvalue weighted by molar-refractivity contribution is -0.139. The Hall–Kier alpha value is -0.643. The summed E-state index contributed by atoms with van der Waals surface area (Å²) in [6.07, 6.45) is 3.82. The molecule has 16 heavy (non-hydrogen) atoms. The second kappa shape index (κ2) is 7.60. The highest BCUT2D eigenvalue weighted by molar-refractivity contribution is 6.70. The van der Waals surface area contributed by atoms with Crippen molar-refractivity contribution in [3.63, 3.8) is 0 Å². The minimum Gasteiger partial charge on any atom is -0.462 e. The Labute approximate surface area is 99.1 Å². The second-order valence-electron chi connectivity index (χ2n) is 4.80. The van der Waals surface area contributed by atoms with Crippen LogP contribution in [0.5, 0.6) is 0 Å². The molecule has 0 heterocycles. The van der Waals surface area contributed by atoms with Gasteiger partial charge in [0.25, 0.3) is 0 Å². The van der Waals surface area contributed by atoms with Crippen LogP contribution in [-0.2, 0) is 9.53 Å². The molecule has 0 N–H and O–H groups in total. The molecule has 0 saturated carbocycles. The van der Waals surface area contributed by atoms with Crippen LogP contribution in [0, 0.1) is 0 Å². The third-order valence-electron chi connectivity index (χ3n) is 2.25. The number of rotatable bonds is 8. The van der Waals surface area contributed by atoms with Crippen molar-refractivity contribution < 1.29 is 13.6 Å². The molecule has 0 aromatic carbocycles. The second-order valence-corrected chi connectivity index (χ2v) is 8.74. The van der Waals surface area contributed by atoms with E-state index >= 15 is 0 Å². The zero-order chi connectivity index (χ0) is 12.6. The fourth-order valence-electron chi connectivity index (χ4n) is 1.29. The quantitative estimate of drug-likeness (QED) is 0.214. The summed E-state index contributed by atoms with van der Waals surface area (Å²) in [6, 6.07) is 0.735. The van der Waals surface area contributed by atoms with E-state index in [-0.39, 0.29) is 5.97 Å². The average Bonchev–Trinajstić information content (AvgIpc) is 2.14. The summed E-state index contributed by atoms with van der Waals surface area (Å²) in [7, 11) is -2.36. The molecule has 0 aliphatic rings. The van der Waals surface area contributed by atoms with Gasteiger partial charge in [0.1, 0.15) is 0 Å². The first-order valence-electron chi connectivity index (χ1n) is 5.84. The molecular weight excluding hydrogens is 223 g/mol. The predicted octanol–water partition coefficient (Wildman–Crippen LogP) is 3.84. The van der Waals surface area contributed by atoms with Crippen molar-refractivity contribution in [3.05, 3.63) is 12.2 Å². The average molecular weight is 246 g/mol. The number of halogens is 1. The fourth-order valence-corrected chi connectivity index (χ4v) is 2.38. The Kier molecular flexibility index (Phi) is 7.30. The van der Waals surface area contributed by atoms with Crippen molar-refractivity contribution >= 4 is 14.4 Å². The molecule has 94 valence electrons. The van der Waals surface area contributed by atoms with Gasteiger partial charge in [-0.3, -0.25) is 0 Å². The number of unbranched alkanes of at least 4 members (excludes halogenated alkanes) is 3. The Bertz CT molecular complexity index is 234. The maximum Gasteiger partial charge on any atom is 0.333 e. The van der Waals surface area contributed by atoms with Gasteiger partial charge in [-0.2, -0.15) is 0 Å². The lowest BCUT2D eigenvalue weighted by Gasteiger charge is -2.09. The molecule has 0 aromatic rings. The minimum atomic E-state index is -2.36. The summed E-state index contributed by atoms with van der Waals surface area (Å²) < 4.78 is 18.2. The molecule has 0 aromatic heterocycles. The Morgan fingerprint density at radius 3 is 2.31 bits per heavy atom. The maximum atomic E-state index is 13.2. The van der Waals surface area contributed by atoms with Crippen LogP contribution in [-0.4, -0.2) is 21.0 Å². The van der Waals surface area contributed by atoms with Crippen LogP contribution in [0.2, 0.25) is 19.1 Å². The summed E-state index contributed by atoms with van der Waals surface area (Å²) in [6.45, 7) is 9.06. The first-order valence-corrected chi connectivity index (χ1v) is 8.93. The van der Waals surface area contributed by atoms with Crippen molar-refractivity contribution in [1.29, 1.82) is 0 Å². The van der Waals surface area contributed by atoms with E-state index in [1.165, 1.54) is 0 Å². The Balaban J connectivity index is 3.29. The van der Waals surface area contributed by atoms with Gasteiger partial charge in [-0.05, 0) is 32.5 Å². The lowest BCUT2D eigenvalue weighted by atomic mass is 10.2. The summed E-state index contributed by atoms with van der Waals surface area (Å²) in [4.78, 5) is 11.0. The predicted molar refractivity (Wildman–Crippen MR) is 67.6 cm³/mol. The molecule has 0 fully saturated rings. The highest BCUT2D eigenvalue weighted by atomic mass is 28.4. The standard InChI is InChI=1S/C12H23FO2Si/c1-11(2)12(14)15-9-7-5-6-8-10-16(3,4)13/h1,5-10H2,2-4H3. The van der Waals surface area contributed by atoms with Crippen LogP contribution in [0.15, 0.2) is 12.2 Å². The molecule has 0 atom stereocenters.